The van der Waals surface area contributed by atoms with Crippen molar-refractivity contribution >= 4 is 37.8 Å². The van der Waals surface area contributed by atoms with Crippen LogP contribution in [0, 0.1) is 0 Å². The predicted molar refractivity (Wildman–Crippen MR) is 108 cm³/mol. The van der Waals surface area contributed by atoms with Gasteiger partial charge in [0.2, 0.25) is 0 Å². The topological polar surface area (TPSA) is 18.5 Å². The quantitative estimate of drug-likeness (QED) is 0.183. The number of quaternary nitrogens is 1. The fraction of sp³-hybridized carbons (Fsp3) is 1.00. The van der Waals surface area contributed by atoms with Gasteiger partial charge < -0.3 is 25.7 Å². The normalized spacial score (nSPS) is 16.6. The fourth-order valence-electron chi connectivity index (χ4n) is 1.47. The van der Waals surface area contributed by atoms with Crippen molar-refractivity contribution < 1.29 is 13.4 Å². The lowest BCUT2D eigenvalue weighted by Gasteiger charge is -2.36. The first-order valence-electron chi connectivity index (χ1n) is 8.05. The van der Waals surface area contributed by atoms with Gasteiger partial charge in [-0.25, -0.2) is 0 Å². The van der Waals surface area contributed by atoms with E-state index in [1.165, 1.54) is 0 Å². The third kappa shape index (κ3) is 10.8. The summed E-state index contributed by atoms with van der Waals surface area (Å²) >= 11 is 11.0. The van der Waals surface area contributed by atoms with Crippen LogP contribution in [0.1, 0.15) is 33.6 Å². The van der Waals surface area contributed by atoms with Crippen LogP contribution in [0.4, 0.5) is 0 Å². The average molecular weight is 386 g/mol. The number of hydrogen-bond acceptors (Lipinski definition) is 4. The average Bonchev–Trinajstić information content (AvgIpc) is 2.24. The smallest absolute Gasteiger partial charge is 0.191 e. The second-order valence-corrected chi connectivity index (χ2v) is 19.5. The Hall–Kier alpha value is 1.10. The van der Waals surface area contributed by atoms with Crippen molar-refractivity contribution in [2.45, 2.75) is 51.7 Å². The van der Waals surface area contributed by atoms with Gasteiger partial charge in [0.15, 0.2) is 8.32 Å². The molecule has 0 saturated carbocycles. The molecule has 1 atom stereocenters. The minimum Gasteiger partial charge on any atom is -0.719 e. The second kappa shape index (κ2) is 8.98. The highest BCUT2D eigenvalue weighted by atomic mass is 32.9. The number of rotatable bonds is 10. The maximum Gasteiger partial charge on any atom is 0.191 e. The molecule has 0 rings (SSSR count). The summed E-state index contributed by atoms with van der Waals surface area (Å²) in [4.78, 5) is 0. The van der Waals surface area contributed by atoms with Crippen LogP contribution in [0.15, 0.2) is 0 Å². The lowest BCUT2D eigenvalue weighted by atomic mass is 10.2. The fourth-order valence-corrected chi connectivity index (χ4v) is 4.88. The molecule has 0 aliphatic rings. The van der Waals surface area contributed by atoms with Gasteiger partial charge in [-0.15, -0.1) is 0 Å². The molecule has 22 heavy (non-hydrogen) atoms. The Bertz CT molecular complexity index is 379. The zero-order valence-electron chi connectivity index (χ0n) is 15.8. The zero-order valence-corrected chi connectivity index (χ0v) is 19.3. The van der Waals surface area contributed by atoms with E-state index >= 15 is 0 Å². The van der Waals surface area contributed by atoms with Gasteiger partial charge in [0.1, 0.15) is 6.54 Å². The lowest BCUT2D eigenvalue weighted by Crippen LogP contribution is -2.40. The van der Waals surface area contributed by atoms with Gasteiger partial charge in [-0.05, 0) is 37.1 Å². The van der Waals surface area contributed by atoms with Crippen molar-refractivity contribution in [2.24, 2.45) is 0 Å². The molecule has 0 heterocycles. The summed E-state index contributed by atoms with van der Waals surface area (Å²) in [6.45, 7) is 13.8. The van der Waals surface area contributed by atoms with Crippen LogP contribution in [-0.4, -0.2) is 59.9 Å². The van der Waals surface area contributed by atoms with E-state index in [4.69, 9.17) is 33.0 Å². The van der Waals surface area contributed by atoms with Gasteiger partial charge >= 0.3 is 0 Å². The molecule has 0 aromatic rings. The minimum atomic E-state index is -2.03. The molecule has 0 bridgehead atoms. The Labute approximate surface area is 150 Å². The highest BCUT2D eigenvalue weighted by Crippen LogP contribution is 2.45. The molecule has 0 amide bonds. The molecule has 7 heteroatoms. The van der Waals surface area contributed by atoms with Gasteiger partial charge in [0.05, 0.1) is 27.7 Å². The first kappa shape index (κ1) is 23.1. The Kier molecular flexibility index (Phi) is 9.43. The van der Waals surface area contributed by atoms with Gasteiger partial charge in [-0.1, -0.05) is 38.0 Å². The molecular weight excluding hydrogens is 349 g/mol. The molecule has 0 aliphatic heterocycles. The Balaban J connectivity index is 3.93. The largest absolute Gasteiger partial charge is 0.719 e. The summed E-state index contributed by atoms with van der Waals surface area (Å²) in [7, 11) is 4.82. The van der Waals surface area contributed by atoms with E-state index in [2.05, 4.69) is 55.0 Å². The Morgan fingerprint density at radius 3 is 2.09 bits per heavy atom. The molecule has 0 N–H and O–H groups in total. The number of nitrogens with zero attached hydrogens (tertiary/aromatic N) is 1. The van der Waals surface area contributed by atoms with Crippen molar-refractivity contribution in [1.82, 2.24) is 0 Å². The molecule has 0 spiro atoms. The molecule has 0 aliphatic carbocycles. The van der Waals surface area contributed by atoms with Gasteiger partial charge in [-0.2, -0.15) is 0 Å². The third-order valence-corrected chi connectivity index (χ3v) is 11.9. The first-order chi connectivity index (χ1) is 9.66. The summed E-state index contributed by atoms with van der Waals surface area (Å²) in [6.07, 6.45) is 2.88. The number of unbranched alkanes of at least 4 members (excludes halogenated alkanes) is 1. The van der Waals surface area contributed by atoms with Crippen LogP contribution < -0.4 is 0 Å². The van der Waals surface area contributed by atoms with E-state index in [1.807, 2.05) is 0 Å². The molecule has 0 radical (unpaired) electrons. The molecule has 0 aromatic heterocycles. The van der Waals surface area contributed by atoms with Gasteiger partial charge in [-0.3, -0.25) is 0 Å². The summed E-state index contributed by atoms with van der Waals surface area (Å²) in [5.74, 6) is 0. The monoisotopic (exact) mass is 385 g/mol. The minimum absolute atomic E-state index is 0.272. The van der Waals surface area contributed by atoms with E-state index < -0.39 is 13.8 Å². The van der Waals surface area contributed by atoms with Crippen LogP contribution in [0.5, 0.6) is 0 Å². The summed E-state index contributed by atoms with van der Waals surface area (Å²) < 4.78 is 12.9. The summed E-state index contributed by atoms with van der Waals surface area (Å²) in [6, 6.07) is 0. The molecule has 0 saturated heterocycles. The predicted octanol–water partition coefficient (Wildman–Crippen LogP) is 4.37. The molecule has 0 aromatic carbocycles. The third-order valence-electron chi connectivity index (χ3n) is 4.15. The van der Waals surface area contributed by atoms with Crippen molar-refractivity contribution in [3.8, 4) is 0 Å². The van der Waals surface area contributed by atoms with Crippen molar-refractivity contribution in [3.63, 3.8) is 0 Å². The molecule has 134 valence electrons. The highest BCUT2D eigenvalue weighted by Gasteiger charge is 2.36. The summed E-state index contributed by atoms with van der Waals surface area (Å²) in [5.41, 5.74) is -2.03. The molecule has 3 nitrogen and oxygen atoms in total. The molecule has 1 unspecified atom stereocenters. The van der Waals surface area contributed by atoms with E-state index in [1.54, 1.807) is 0 Å². The van der Waals surface area contributed by atoms with Crippen molar-refractivity contribution in [2.75, 3.05) is 47.1 Å². The van der Waals surface area contributed by atoms with E-state index in [0.717, 1.165) is 36.6 Å². The second-order valence-electron chi connectivity index (χ2n) is 8.50. The van der Waals surface area contributed by atoms with Crippen molar-refractivity contribution in [3.05, 3.63) is 0 Å². The van der Waals surface area contributed by atoms with Crippen molar-refractivity contribution in [1.29, 1.82) is 0 Å². The van der Waals surface area contributed by atoms with Crippen LogP contribution in [0.3, 0.4) is 0 Å². The van der Waals surface area contributed by atoms with Crippen LogP contribution in [-0.2, 0) is 33.0 Å². The van der Waals surface area contributed by atoms with E-state index in [0.29, 0.717) is 6.61 Å². The zero-order chi connectivity index (χ0) is 17.7. The standard InChI is InChI=1S/C15H36NO2PS2Si/c1-15(2,3)22(7,8)18-12-9-10-14-19(20,21)17-13-11-16(4,5)6/h9-14H2,1-8H3. The number of likely N-dealkylation sites (N-methyl/N-ethyl adjacent to an activating group) is 1. The molecule has 0 fully saturated rings. The highest BCUT2D eigenvalue weighted by molar-refractivity contribution is 8.53. The van der Waals surface area contributed by atoms with E-state index in [9.17, 15) is 0 Å². The SMILES string of the molecule is CC(C)(C)[Si](C)(C)OCCCCP(=S)([S-])OCC[N+](C)(C)C. The van der Waals surface area contributed by atoms with Crippen LogP contribution in [0.25, 0.3) is 0 Å². The van der Waals surface area contributed by atoms with E-state index in [-0.39, 0.29) is 5.04 Å². The van der Waals surface area contributed by atoms with Gasteiger partial charge in [0, 0.05) is 6.61 Å². The van der Waals surface area contributed by atoms with Crippen LogP contribution >= 0.6 is 5.47 Å². The maximum atomic E-state index is 6.17. The summed E-state index contributed by atoms with van der Waals surface area (Å²) in [5, 5.41) is 0.272. The van der Waals surface area contributed by atoms with Crippen LogP contribution in [0.2, 0.25) is 18.1 Å². The number of hydrogen-bond donors (Lipinski definition) is 0. The lowest BCUT2D eigenvalue weighted by molar-refractivity contribution is -0.870. The first-order valence-corrected chi connectivity index (χ1v) is 14.9. The molecular formula is C15H36NO2PS2Si. The Morgan fingerprint density at radius 1 is 1.09 bits per heavy atom. The Morgan fingerprint density at radius 2 is 1.64 bits per heavy atom. The maximum absolute atomic E-state index is 6.17. The van der Waals surface area contributed by atoms with Gasteiger partial charge in [0.25, 0.3) is 0 Å².